The molecule has 3 heterocycles. The summed E-state index contributed by atoms with van der Waals surface area (Å²) in [6.45, 7) is 4.95. The fraction of sp³-hybridized carbons (Fsp3) is 0.611. The van der Waals surface area contributed by atoms with Gasteiger partial charge in [-0.05, 0) is 31.7 Å². The average molecular weight is 359 g/mol. The molecule has 2 aromatic heterocycles. The van der Waals surface area contributed by atoms with Crippen LogP contribution in [0, 0.1) is 5.92 Å². The number of nitrogens with zero attached hydrogens (tertiary/aromatic N) is 5. The first-order chi connectivity index (χ1) is 12.2. The van der Waals surface area contributed by atoms with Crippen molar-refractivity contribution in [2.24, 2.45) is 13.0 Å². The lowest BCUT2D eigenvalue weighted by atomic mass is 9.85. The van der Waals surface area contributed by atoms with Crippen molar-refractivity contribution >= 4 is 17.2 Å². The predicted octanol–water partition coefficient (Wildman–Crippen LogP) is 2.49. The Labute approximate surface area is 152 Å². The van der Waals surface area contributed by atoms with Gasteiger partial charge in [0.25, 0.3) is 5.91 Å². The number of aromatic nitrogens is 3. The van der Waals surface area contributed by atoms with Gasteiger partial charge in [0.1, 0.15) is 10.7 Å². The molecule has 1 saturated heterocycles. The summed E-state index contributed by atoms with van der Waals surface area (Å²) in [5.41, 5.74) is 1.53. The Morgan fingerprint density at radius 1 is 1.24 bits per heavy atom. The smallest absolute Gasteiger partial charge is 0.273 e. The minimum absolute atomic E-state index is 0.0666. The molecule has 1 amide bonds. The lowest BCUT2D eigenvalue weighted by Gasteiger charge is -2.31. The summed E-state index contributed by atoms with van der Waals surface area (Å²) in [5.74, 6) is 0.958. The summed E-state index contributed by atoms with van der Waals surface area (Å²) in [7, 11) is 1.88. The zero-order valence-corrected chi connectivity index (χ0v) is 15.5. The summed E-state index contributed by atoms with van der Waals surface area (Å²) in [4.78, 5) is 21.9. The highest BCUT2D eigenvalue weighted by molar-refractivity contribution is 7.13. The van der Waals surface area contributed by atoms with Crippen molar-refractivity contribution in [3.8, 4) is 10.6 Å². The second-order valence-corrected chi connectivity index (χ2v) is 8.04. The molecule has 134 valence electrons. The molecule has 0 N–H and O–H groups in total. The molecule has 7 heteroatoms. The standard InChI is InChI=1S/C18H25N5OS/c1-21-12-15(10-19-21)17-20-16(13-25-17)18(24)23-7-3-6-22(8-9-23)11-14-4-2-5-14/h10,12-14H,2-9,11H2,1H3. The van der Waals surface area contributed by atoms with Crippen LogP contribution in [0.25, 0.3) is 10.6 Å². The highest BCUT2D eigenvalue weighted by Gasteiger charge is 2.25. The van der Waals surface area contributed by atoms with Gasteiger partial charge in [-0.3, -0.25) is 9.48 Å². The van der Waals surface area contributed by atoms with E-state index in [1.165, 1.54) is 37.1 Å². The molecule has 0 aromatic carbocycles. The van der Waals surface area contributed by atoms with E-state index in [9.17, 15) is 4.79 Å². The van der Waals surface area contributed by atoms with Gasteiger partial charge < -0.3 is 9.80 Å². The molecule has 1 aliphatic carbocycles. The number of rotatable bonds is 4. The van der Waals surface area contributed by atoms with E-state index in [0.29, 0.717) is 5.69 Å². The van der Waals surface area contributed by atoms with E-state index in [1.807, 2.05) is 23.5 Å². The lowest BCUT2D eigenvalue weighted by Crippen LogP contribution is -2.37. The van der Waals surface area contributed by atoms with Crippen molar-refractivity contribution in [2.45, 2.75) is 25.7 Å². The van der Waals surface area contributed by atoms with E-state index >= 15 is 0 Å². The van der Waals surface area contributed by atoms with Crippen molar-refractivity contribution in [3.05, 3.63) is 23.5 Å². The molecule has 6 nitrogen and oxygen atoms in total. The van der Waals surface area contributed by atoms with Gasteiger partial charge in [-0.2, -0.15) is 5.10 Å². The highest BCUT2D eigenvalue weighted by Crippen LogP contribution is 2.27. The van der Waals surface area contributed by atoms with Crippen LogP contribution in [-0.2, 0) is 7.05 Å². The van der Waals surface area contributed by atoms with Crippen LogP contribution in [0.4, 0.5) is 0 Å². The van der Waals surface area contributed by atoms with Gasteiger partial charge >= 0.3 is 0 Å². The summed E-state index contributed by atoms with van der Waals surface area (Å²) in [6.07, 6.45) is 8.93. The molecule has 1 saturated carbocycles. The number of hydrogen-bond donors (Lipinski definition) is 0. The molecule has 0 unspecified atom stereocenters. The van der Waals surface area contributed by atoms with E-state index < -0.39 is 0 Å². The van der Waals surface area contributed by atoms with Crippen LogP contribution in [0.5, 0.6) is 0 Å². The van der Waals surface area contributed by atoms with Gasteiger partial charge in [0.05, 0.1) is 6.20 Å². The third-order valence-electron chi connectivity index (χ3n) is 5.29. The number of hydrogen-bond acceptors (Lipinski definition) is 5. The van der Waals surface area contributed by atoms with Crippen LogP contribution in [-0.4, -0.2) is 63.2 Å². The maximum absolute atomic E-state index is 12.8. The van der Waals surface area contributed by atoms with Crippen molar-refractivity contribution in [3.63, 3.8) is 0 Å². The maximum atomic E-state index is 12.8. The number of carbonyl (C=O) groups is 1. The molecular weight excluding hydrogens is 334 g/mol. The highest BCUT2D eigenvalue weighted by atomic mass is 32.1. The number of thiazole rings is 1. The Balaban J connectivity index is 1.38. The van der Waals surface area contributed by atoms with Crippen molar-refractivity contribution < 1.29 is 4.79 Å². The Bertz CT molecular complexity index is 735. The molecule has 0 radical (unpaired) electrons. The zero-order valence-electron chi connectivity index (χ0n) is 14.7. The van der Waals surface area contributed by atoms with Crippen molar-refractivity contribution in [1.82, 2.24) is 24.6 Å². The third-order valence-corrected chi connectivity index (χ3v) is 6.18. The normalized spacial score (nSPS) is 19.6. The van der Waals surface area contributed by atoms with Gasteiger partial charge in [-0.1, -0.05) is 6.42 Å². The zero-order chi connectivity index (χ0) is 17.2. The summed E-state index contributed by atoms with van der Waals surface area (Å²) in [5, 5.41) is 6.91. The maximum Gasteiger partial charge on any atom is 0.273 e. The number of carbonyl (C=O) groups excluding carboxylic acids is 1. The minimum Gasteiger partial charge on any atom is -0.336 e. The summed E-state index contributed by atoms with van der Waals surface area (Å²) in [6, 6.07) is 0. The molecule has 2 aromatic rings. The van der Waals surface area contributed by atoms with Crippen LogP contribution in [0.1, 0.15) is 36.2 Å². The van der Waals surface area contributed by atoms with E-state index in [0.717, 1.165) is 49.1 Å². The molecule has 0 spiro atoms. The average Bonchev–Trinajstić information content (AvgIpc) is 3.15. The van der Waals surface area contributed by atoms with Gasteiger partial charge in [-0.15, -0.1) is 11.3 Å². The first kappa shape index (κ1) is 16.7. The fourth-order valence-electron chi connectivity index (χ4n) is 3.60. The number of amides is 1. The largest absolute Gasteiger partial charge is 0.336 e. The quantitative estimate of drug-likeness (QED) is 0.842. The first-order valence-electron chi connectivity index (χ1n) is 9.15. The van der Waals surface area contributed by atoms with Crippen molar-refractivity contribution in [1.29, 1.82) is 0 Å². The van der Waals surface area contributed by atoms with Crippen LogP contribution < -0.4 is 0 Å². The molecule has 25 heavy (non-hydrogen) atoms. The SMILES string of the molecule is Cn1cc(-c2nc(C(=O)N3CCCN(CC4CCC4)CC3)cs2)cn1. The molecule has 0 bridgehead atoms. The van der Waals surface area contributed by atoms with Gasteiger partial charge in [0.15, 0.2) is 0 Å². The first-order valence-corrected chi connectivity index (χ1v) is 10.0. The van der Waals surface area contributed by atoms with Gasteiger partial charge in [-0.25, -0.2) is 4.98 Å². The van der Waals surface area contributed by atoms with Crippen LogP contribution in [0.15, 0.2) is 17.8 Å². The van der Waals surface area contributed by atoms with Crippen molar-refractivity contribution in [2.75, 3.05) is 32.7 Å². The van der Waals surface area contributed by atoms with E-state index in [4.69, 9.17) is 0 Å². The van der Waals surface area contributed by atoms with Crippen LogP contribution in [0.3, 0.4) is 0 Å². The minimum atomic E-state index is 0.0666. The fourth-order valence-corrected chi connectivity index (χ4v) is 4.36. The molecule has 4 rings (SSSR count). The van der Waals surface area contributed by atoms with E-state index in [1.54, 1.807) is 10.9 Å². The Morgan fingerprint density at radius 3 is 2.84 bits per heavy atom. The van der Waals surface area contributed by atoms with E-state index in [2.05, 4.69) is 15.0 Å². The topological polar surface area (TPSA) is 54.3 Å². The molecule has 1 aliphatic heterocycles. The summed E-state index contributed by atoms with van der Waals surface area (Å²) >= 11 is 1.51. The Kier molecular flexibility index (Phi) is 4.85. The Morgan fingerprint density at radius 2 is 2.12 bits per heavy atom. The second-order valence-electron chi connectivity index (χ2n) is 7.18. The van der Waals surface area contributed by atoms with Gasteiger partial charge in [0.2, 0.25) is 0 Å². The molecule has 2 aliphatic rings. The van der Waals surface area contributed by atoms with Gasteiger partial charge in [0, 0.05) is 50.4 Å². The monoisotopic (exact) mass is 359 g/mol. The number of aryl methyl sites for hydroxylation is 1. The van der Waals surface area contributed by atoms with Crippen LogP contribution >= 0.6 is 11.3 Å². The molecular formula is C18H25N5OS. The van der Waals surface area contributed by atoms with Crippen LogP contribution in [0.2, 0.25) is 0 Å². The second kappa shape index (κ2) is 7.25. The molecule has 0 atom stereocenters. The Hall–Kier alpha value is -1.73. The van der Waals surface area contributed by atoms with E-state index in [-0.39, 0.29) is 5.91 Å². The third kappa shape index (κ3) is 3.77. The summed E-state index contributed by atoms with van der Waals surface area (Å²) < 4.78 is 1.75. The predicted molar refractivity (Wildman–Crippen MR) is 98.6 cm³/mol. The lowest BCUT2D eigenvalue weighted by molar-refractivity contribution is 0.0754. The molecule has 2 fully saturated rings.